The Kier molecular flexibility index (Phi) is 9.02. The van der Waals surface area contributed by atoms with E-state index in [1.165, 1.54) is 0 Å². The van der Waals surface area contributed by atoms with Crippen LogP contribution in [0.5, 0.6) is 0 Å². The van der Waals surface area contributed by atoms with E-state index in [4.69, 9.17) is 14.2 Å². The monoisotopic (exact) mass is 367 g/mol. The quantitative estimate of drug-likeness (QED) is 0.442. The molecule has 0 aromatic carbocycles. The Morgan fingerprint density at radius 3 is 2.38 bits per heavy atom. The second kappa shape index (κ2) is 10.5. The number of methoxy groups -OCH3 is 1. The van der Waals surface area contributed by atoms with E-state index in [0.717, 1.165) is 17.8 Å². The molecule has 2 unspecified atom stereocenters. The molecule has 0 N–H and O–H groups in total. The van der Waals surface area contributed by atoms with Crippen LogP contribution in [-0.2, 0) is 19.0 Å². The van der Waals surface area contributed by atoms with Gasteiger partial charge in [-0.25, -0.2) is 4.79 Å². The Hall–Kier alpha value is -1.66. The van der Waals surface area contributed by atoms with Gasteiger partial charge in [-0.1, -0.05) is 13.8 Å². The summed E-state index contributed by atoms with van der Waals surface area (Å²) >= 11 is 0. The summed E-state index contributed by atoms with van der Waals surface area (Å²) in [6.45, 7) is 12.5. The molecule has 6 heteroatoms. The van der Waals surface area contributed by atoms with Gasteiger partial charge in [0.1, 0.15) is 0 Å². The minimum atomic E-state index is -0.671. The van der Waals surface area contributed by atoms with Gasteiger partial charge in [0.05, 0.1) is 12.6 Å². The van der Waals surface area contributed by atoms with E-state index in [0.29, 0.717) is 24.7 Å². The predicted molar refractivity (Wildman–Crippen MR) is 101 cm³/mol. The number of hydrogen-bond donors (Lipinski definition) is 0. The van der Waals surface area contributed by atoms with Crippen LogP contribution in [0.15, 0.2) is 6.07 Å². The fraction of sp³-hybridized carbons (Fsp3) is 0.700. The van der Waals surface area contributed by atoms with Gasteiger partial charge in [0.15, 0.2) is 12.7 Å². The molecule has 0 fully saturated rings. The van der Waals surface area contributed by atoms with Crippen LogP contribution >= 0.6 is 0 Å². The molecule has 0 saturated carbocycles. The third kappa shape index (κ3) is 6.25. The van der Waals surface area contributed by atoms with E-state index in [-0.39, 0.29) is 18.4 Å². The molecule has 0 aliphatic heterocycles. The molecular formula is C20H33NO5. The van der Waals surface area contributed by atoms with Gasteiger partial charge >= 0.3 is 5.97 Å². The Labute approximate surface area is 156 Å². The van der Waals surface area contributed by atoms with Crippen molar-refractivity contribution < 1.29 is 23.8 Å². The summed E-state index contributed by atoms with van der Waals surface area (Å²) < 4.78 is 17.9. The van der Waals surface area contributed by atoms with Crippen LogP contribution < -0.4 is 0 Å². The zero-order chi connectivity index (χ0) is 19.9. The standard InChI is InChI=1S/C20H33NO5/c1-13(2)8-9-25-17(6)20(23)26-12-19(22)18-10-14(3)21(16(18)5)15(4)11-24-7/h10,13,15,17H,8-9,11-12H2,1-7H3. The molecule has 0 bridgehead atoms. The normalized spacial score (nSPS) is 13.7. The maximum Gasteiger partial charge on any atom is 0.335 e. The van der Waals surface area contributed by atoms with Gasteiger partial charge < -0.3 is 18.8 Å². The van der Waals surface area contributed by atoms with Crippen molar-refractivity contribution >= 4 is 11.8 Å². The van der Waals surface area contributed by atoms with Crippen LogP contribution in [0, 0.1) is 19.8 Å². The highest BCUT2D eigenvalue weighted by Crippen LogP contribution is 2.21. The van der Waals surface area contributed by atoms with Crippen LogP contribution in [0.2, 0.25) is 0 Å². The minimum absolute atomic E-state index is 0.124. The molecule has 0 aliphatic rings. The molecule has 26 heavy (non-hydrogen) atoms. The number of aryl methyl sites for hydroxylation is 1. The van der Waals surface area contributed by atoms with Crippen LogP contribution in [0.1, 0.15) is 61.9 Å². The first kappa shape index (κ1) is 22.4. The smallest absolute Gasteiger partial charge is 0.335 e. The number of hydrogen-bond acceptors (Lipinski definition) is 5. The average molecular weight is 367 g/mol. The van der Waals surface area contributed by atoms with Gasteiger partial charge in [0.25, 0.3) is 0 Å². The van der Waals surface area contributed by atoms with Crippen LogP contribution in [0.3, 0.4) is 0 Å². The first-order chi connectivity index (χ1) is 12.2. The highest BCUT2D eigenvalue weighted by Gasteiger charge is 2.21. The zero-order valence-electron chi connectivity index (χ0n) is 17.1. The third-order valence-corrected chi connectivity index (χ3v) is 4.37. The number of ether oxygens (including phenoxy) is 3. The number of carbonyl (C=O) groups is 2. The zero-order valence-corrected chi connectivity index (χ0v) is 17.1. The van der Waals surface area contributed by atoms with E-state index in [1.807, 2.05) is 26.8 Å². The van der Waals surface area contributed by atoms with Gasteiger partial charge in [-0.05, 0) is 46.1 Å². The molecule has 0 aliphatic carbocycles. The van der Waals surface area contributed by atoms with Crippen LogP contribution in [-0.4, -0.2) is 49.4 Å². The van der Waals surface area contributed by atoms with E-state index in [9.17, 15) is 9.59 Å². The summed E-state index contributed by atoms with van der Waals surface area (Å²) in [5.74, 6) is -0.212. The number of carbonyl (C=O) groups excluding carboxylic acids is 2. The summed E-state index contributed by atoms with van der Waals surface area (Å²) in [5.41, 5.74) is 2.41. The van der Waals surface area contributed by atoms with E-state index in [2.05, 4.69) is 18.4 Å². The maximum absolute atomic E-state index is 12.5. The first-order valence-electron chi connectivity index (χ1n) is 9.17. The fourth-order valence-electron chi connectivity index (χ4n) is 2.93. The van der Waals surface area contributed by atoms with Crippen molar-refractivity contribution in [2.24, 2.45) is 5.92 Å². The molecule has 1 rings (SSSR count). The highest BCUT2D eigenvalue weighted by molar-refractivity contribution is 5.99. The SMILES string of the molecule is COCC(C)n1c(C)cc(C(=O)COC(=O)C(C)OCCC(C)C)c1C. The molecule has 0 spiro atoms. The van der Waals surface area contributed by atoms with Crippen molar-refractivity contribution in [1.82, 2.24) is 4.57 Å². The molecule has 1 aromatic rings. The number of ketones is 1. The first-order valence-corrected chi connectivity index (χ1v) is 9.17. The summed E-state index contributed by atoms with van der Waals surface area (Å²) in [7, 11) is 1.65. The van der Waals surface area contributed by atoms with Gasteiger partial charge in [0, 0.05) is 30.7 Å². The van der Waals surface area contributed by atoms with Crippen molar-refractivity contribution in [3.05, 3.63) is 23.0 Å². The van der Waals surface area contributed by atoms with Crippen molar-refractivity contribution in [1.29, 1.82) is 0 Å². The predicted octanol–water partition coefficient (Wildman–Crippen LogP) is 3.49. The van der Waals surface area contributed by atoms with Crippen molar-refractivity contribution in [3.63, 3.8) is 0 Å². The Bertz CT molecular complexity index is 606. The average Bonchev–Trinajstić information content (AvgIpc) is 2.86. The van der Waals surface area contributed by atoms with E-state index >= 15 is 0 Å². The van der Waals surface area contributed by atoms with Gasteiger partial charge in [-0.2, -0.15) is 0 Å². The Morgan fingerprint density at radius 2 is 1.81 bits per heavy atom. The summed E-state index contributed by atoms with van der Waals surface area (Å²) in [4.78, 5) is 24.5. The Morgan fingerprint density at radius 1 is 1.15 bits per heavy atom. The Balaban J connectivity index is 2.63. The molecule has 0 saturated heterocycles. The highest BCUT2D eigenvalue weighted by atomic mass is 16.6. The third-order valence-electron chi connectivity index (χ3n) is 4.37. The molecule has 1 heterocycles. The molecule has 0 radical (unpaired) electrons. The topological polar surface area (TPSA) is 66.8 Å². The molecule has 1 aromatic heterocycles. The van der Waals surface area contributed by atoms with Crippen molar-refractivity contribution in [3.8, 4) is 0 Å². The van der Waals surface area contributed by atoms with E-state index in [1.54, 1.807) is 14.0 Å². The largest absolute Gasteiger partial charge is 0.455 e. The van der Waals surface area contributed by atoms with Gasteiger partial charge in [-0.15, -0.1) is 0 Å². The number of rotatable bonds is 11. The second-order valence-electron chi connectivity index (χ2n) is 7.19. The molecular weight excluding hydrogens is 334 g/mol. The number of nitrogens with zero attached hydrogens (tertiary/aromatic N) is 1. The summed E-state index contributed by atoms with van der Waals surface area (Å²) in [6.07, 6.45) is 0.207. The van der Waals surface area contributed by atoms with Crippen molar-refractivity contribution in [2.75, 3.05) is 26.9 Å². The summed E-state index contributed by atoms with van der Waals surface area (Å²) in [5, 5.41) is 0. The minimum Gasteiger partial charge on any atom is -0.455 e. The molecule has 2 atom stereocenters. The van der Waals surface area contributed by atoms with Gasteiger partial charge in [-0.3, -0.25) is 4.79 Å². The van der Waals surface area contributed by atoms with E-state index < -0.39 is 12.1 Å². The molecule has 148 valence electrons. The number of aromatic nitrogens is 1. The van der Waals surface area contributed by atoms with Crippen molar-refractivity contribution in [2.45, 2.75) is 60.1 Å². The lowest BCUT2D eigenvalue weighted by Gasteiger charge is -2.17. The van der Waals surface area contributed by atoms with Crippen LogP contribution in [0.4, 0.5) is 0 Å². The lowest BCUT2D eigenvalue weighted by molar-refractivity contribution is -0.155. The summed E-state index contributed by atoms with van der Waals surface area (Å²) in [6, 6.07) is 1.96. The van der Waals surface area contributed by atoms with Gasteiger partial charge in [0.2, 0.25) is 5.78 Å². The lowest BCUT2D eigenvalue weighted by Crippen LogP contribution is -2.26. The lowest BCUT2D eigenvalue weighted by atomic mass is 10.1. The fourth-order valence-corrected chi connectivity index (χ4v) is 2.93. The second-order valence-corrected chi connectivity index (χ2v) is 7.19. The number of esters is 1. The molecule has 6 nitrogen and oxygen atoms in total. The van der Waals surface area contributed by atoms with Crippen LogP contribution in [0.25, 0.3) is 0 Å². The molecule has 0 amide bonds. The maximum atomic E-state index is 12.5. The number of Topliss-reactive ketones (excluding diaryl/α,β-unsaturated/α-hetero) is 1.